The summed E-state index contributed by atoms with van der Waals surface area (Å²) in [6.45, 7) is 3.56. The van der Waals surface area contributed by atoms with Crippen LogP contribution in [0.1, 0.15) is 25.3 Å². The van der Waals surface area contributed by atoms with Gasteiger partial charge in [-0.2, -0.15) is 24.8 Å². The number of halogens is 3. The normalized spacial score (nSPS) is 15.3. The highest BCUT2D eigenvalue weighted by molar-refractivity contribution is 6.33. The molecule has 0 N–H and O–H groups in total. The molecule has 9 heteroatoms. The third-order valence-corrected chi connectivity index (χ3v) is 5.14. The third-order valence-electron chi connectivity index (χ3n) is 4.86. The van der Waals surface area contributed by atoms with E-state index in [-0.39, 0.29) is 27.6 Å². The molecule has 0 radical (unpaired) electrons. The number of piperidine rings is 1. The number of rotatable bonds is 2. The molecular weight excluding hydrogens is 374 g/mol. The second kappa shape index (κ2) is 6.74. The summed E-state index contributed by atoms with van der Waals surface area (Å²) < 4.78 is 31.0. The van der Waals surface area contributed by atoms with Crippen LogP contribution in [0.2, 0.25) is 5.15 Å². The molecule has 1 saturated heterocycles. The van der Waals surface area contributed by atoms with E-state index < -0.39 is 11.6 Å². The van der Waals surface area contributed by atoms with E-state index in [9.17, 15) is 8.78 Å². The Morgan fingerprint density at radius 2 is 1.85 bits per heavy atom. The van der Waals surface area contributed by atoms with E-state index in [0.29, 0.717) is 24.8 Å². The quantitative estimate of drug-likeness (QED) is 0.624. The molecule has 3 heterocycles. The summed E-state index contributed by atoms with van der Waals surface area (Å²) in [7, 11) is 0. The highest BCUT2D eigenvalue weighted by Crippen LogP contribution is 2.40. The largest absolute Gasteiger partial charge is 0.356 e. The van der Waals surface area contributed by atoms with Crippen LogP contribution >= 0.6 is 11.6 Å². The first-order valence-electron chi connectivity index (χ1n) is 8.53. The summed E-state index contributed by atoms with van der Waals surface area (Å²) in [5.41, 5.74) is -0.311. The number of benzene rings is 1. The molecule has 1 aliphatic rings. The fraction of sp³-hybridized carbons (Fsp3) is 0.333. The summed E-state index contributed by atoms with van der Waals surface area (Å²) in [5.74, 6) is -0.469. The van der Waals surface area contributed by atoms with Crippen molar-refractivity contribution in [2.24, 2.45) is 5.92 Å². The molecule has 1 aliphatic heterocycles. The van der Waals surface area contributed by atoms with Crippen molar-refractivity contribution >= 4 is 23.2 Å². The Kier molecular flexibility index (Phi) is 4.40. The van der Waals surface area contributed by atoms with Gasteiger partial charge in [-0.05, 0) is 30.9 Å². The van der Waals surface area contributed by atoms with Crippen molar-refractivity contribution in [3.8, 4) is 17.2 Å². The first-order chi connectivity index (χ1) is 13.0. The monoisotopic (exact) mass is 388 g/mol. The molecule has 3 aromatic rings. The van der Waals surface area contributed by atoms with Gasteiger partial charge in [0.25, 0.3) is 5.78 Å². The predicted octanol–water partition coefficient (Wildman–Crippen LogP) is 3.83. The zero-order valence-corrected chi connectivity index (χ0v) is 15.2. The van der Waals surface area contributed by atoms with E-state index >= 15 is 0 Å². The van der Waals surface area contributed by atoms with Gasteiger partial charge < -0.3 is 4.90 Å². The van der Waals surface area contributed by atoms with Gasteiger partial charge in [-0.25, -0.2) is 8.78 Å². The van der Waals surface area contributed by atoms with E-state index in [1.165, 1.54) is 10.8 Å². The minimum absolute atomic E-state index is 0.0633. The molecular formula is C18H15ClF2N6. The predicted molar refractivity (Wildman–Crippen MR) is 96.5 cm³/mol. The maximum Gasteiger partial charge on any atom is 0.255 e. The lowest BCUT2D eigenvalue weighted by Gasteiger charge is -2.33. The molecule has 0 bridgehead atoms. The maximum absolute atomic E-state index is 14.8. The van der Waals surface area contributed by atoms with Crippen LogP contribution in [0.25, 0.3) is 16.9 Å². The molecule has 138 valence electrons. The fourth-order valence-corrected chi connectivity index (χ4v) is 3.66. The SMILES string of the molecule is CC1CCN(c2c(-c3c(F)cc(C#N)cc3F)c(Cl)nc3ncnn23)CC1. The van der Waals surface area contributed by atoms with E-state index in [1.54, 1.807) is 6.07 Å². The van der Waals surface area contributed by atoms with Gasteiger partial charge in [-0.3, -0.25) is 0 Å². The van der Waals surface area contributed by atoms with Crippen LogP contribution in [0.15, 0.2) is 18.5 Å². The Labute approximate surface area is 159 Å². The highest BCUT2D eigenvalue weighted by atomic mass is 35.5. The van der Waals surface area contributed by atoms with Crippen molar-refractivity contribution in [3.63, 3.8) is 0 Å². The Balaban J connectivity index is 2.00. The molecule has 0 unspecified atom stereocenters. The van der Waals surface area contributed by atoms with Crippen molar-refractivity contribution in [3.05, 3.63) is 40.8 Å². The summed E-state index contributed by atoms with van der Waals surface area (Å²) in [5, 5.41) is 13.1. The van der Waals surface area contributed by atoms with Crippen molar-refractivity contribution in [1.82, 2.24) is 19.6 Å². The maximum atomic E-state index is 14.8. The summed E-state index contributed by atoms with van der Waals surface area (Å²) in [6, 6.07) is 3.72. The second-order valence-corrected chi connectivity index (χ2v) is 7.03. The van der Waals surface area contributed by atoms with Crippen LogP contribution in [0, 0.1) is 28.9 Å². The lowest BCUT2D eigenvalue weighted by atomic mass is 9.98. The van der Waals surface area contributed by atoms with Gasteiger partial charge in [-0.15, -0.1) is 0 Å². The minimum Gasteiger partial charge on any atom is -0.356 e. The first kappa shape index (κ1) is 17.6. The zero-order valence-electron chi connectivity index (χ0n) is 14.5. The van der Waals surface area contributed by atoms with E-state index in [1.807, 2.05) is 4.90 Å². The minimum atomic E-state index is -0.874. The van der Waals surface area contributed by atoms with E-state index in [0.717, 1.165) is 25.0 Å². The molecule has 27 heavy (non-hydrogen) atoms. The van der Waals surface area contributed by atoms with Crippen molar-refractivity contribution in [2.45, 2.75) is 19.8 Å². The third kappa shape index (κ3) is 2.98. The van der Waals surface area contributed by atoms with Gasteiger partial charge in [-0.1, -0.05) is 18.5 Å². The van der Waals surface area contributed by atoms with Crippen molar-refractivity contribution in [2.75, 3.05) is 18.0 Å². The first-order valence-corrected chi connectivity index (χ1v) is 8.91. The molecule has 0 saturated carbocycles. The van der Waals surface area contributed by atoms with Crippen LogP contribution in [-0.2, 0) is 0 Å². The molecule has 6 nitrogen and oxygen atoms in total. The van der Waals surface area contributed by atoms with Gasteiger partial charge in [0.2, 0.25) is 0 Å². The topological polar surface area (TPSA) is 70.1 Å². The van der Waals surface area contributed by atoms with Crippen LogP contribution in [0.5, 0.6) is 0 Å². The molecule has 0 amide bonds. The average molecular weight is 389 g/mol. The second-order valence-electron chi connectivity index (χ2n) is 6.67. The Hall–Kier alpha value is -2.79. The van der Waals surface area contributed by atoms with E-state index in [4.69, 9.17) is 16.9 Å². The number of fused-ring (bicyclic) bond motifs is 1. The number of nitriles is 1. The molecule has 1 aromatic carbocycles. The smallest absolute Gasteiger partial charge is 0.255 e. The standard InChI is InChI=1S/C18H15ClF2N6/c1-10-2-4-26(5-3-10)17-15(16(19)25-18-23-9-24-27(17)18)14-12(20)6-11(8-22)7-13(14)21/h6-7,9-10H,2-5H2,1H3. The van der Waals surface area contributed by atoms with Crippen LogP contribution in [0.4, 0.5) is 14.6 Å². The van der Waals surface area contributed by atoms with Crippen molar-refractivity contribution < 1.29 is 8.78 Å². The molecule has 1 fully saturated rings. The van der Waals surface area contributed by atoms with Gasteiger partial charge in [0.1, 0.15) is 28.9 Å². The molecule has 0 atom stereocenters. The fourth-order valence-electron chi connectivity index (χ4n) is 3.41. The van der Waals surface area contributed by atoms with Gasteiger partial charge in [0.15, 0.2) is 0 Å². The summed E-state index contributed by atoms with van der Waals surface area (Å²) in [4.78, 5) is 10.2. The lowest BCUT2D eigenvalue weighted by Crippen LogP contribution is -2.35. The Morgan fingerprint density at radius 3 is 2.48 bits per heavy atom. The number of aromatic nitrogens is 4. The van der Waals surface area contributed by atoms with Gasteiger partial charge in [0.05, 0.1) is 22.8 Å². The summed E-state index contributed by atoms with van der Waals surface area (Å²) in [6.07, 6.45) is 3.20. The summed E-state index contributed by atoms with van der Waals surface area (Å²) >= 11 is 6.35. The van der Waals surface area contributed by atoms with Crippen LogP contribution < -0.4 is 4.90 Å². The molecule has 2 aromatic heterocycles. The molecule has 0 aliphatic carbocycles. The Morgan fingerprint density at radius 1 is 1.19 bits per heavy atom. The average Bonchev–Trinajstić information content (AvgIpc) is 3.10. The number of nitrogens with zero attached hydrogens (tertiary/aromatic N) is 6. The van der Waals surface area contributed by atoms with Gasteiger partial charge in [0, 0.05) is 13.1 Å². The number of hydrogen-bond acceptors (Lipinski definition) is 5. The number of hydrogen-bond donors (Lipinski definition) is 0. The number of anilines is 1. The van der Waals surface area contributed by atoms with Crippen LogP contribution in [-0.4, -0.2) is 32.7 Å². The van der Waals surface area contributed by atoms with E-state index in [2.05, 4.69) is 22.0 Å². The molecule has 0 spiro atoms. The zero-order chi connectivity index (χ0) is 19.1. The lowest BCUT2D eigenvalue weighted by molar-refractivity contribution is 0.435. The van der Waals surface area contributed by atoms with Gasteiger partial charge >= 0.3 is 0 Å². The van der Waals surface area contributed by atoms with Crippen molar-refractivity contribution in [1.29, 1.82) is 5.26 Å². The highest BCUT2D eigenvalue weighted by Gasteiger charge is 2.28. The van der Waals surface area contributed by atoms with Crippen LogP contribution in [0.3, 0.4) is 0 Å². The Bertz CT molecular complexity index is 1040. The molecule has 4 rings (SSSR count).